The Balaban J connectivity index is 1.90. The Morgan fingerprint density at radius 1 is 1.35 bits per heavy atom. The zero-order valence-corrected chi connectivity index (χ0v) is 10.4. The van der Waals surface area contributed by atoms with Crippen LogP contribution in [0.15, 0.2) is 39.8 Å². The molecule has 0 amide bonds. The SMILES string of the molecule is COCc1cc(CSc2ccc(N)cc2)no1. The van der Waals surface area contributed by atoms with Crippen LogP contribution in [0.5, 0.6) is 0 Å². The third-order valence-electron chi connectivity index (χ3n) is 2.16. The number of thioether (sulfide) groups is 1. The van der Waals surface area contributed by atoms with Crippen molar-refractivity contribution in [2.24, 2.45) is 0 Å². The van der Waals surface area contributed by atoms with Gasteiger partial charge in [-0.3, -0.25) is 0 Å². The van der Waals surface area contributed by atoms with Gasteiger partial charge in [-0.15, -0.1) is 11.8 Å². The fourth-order valence-electron chi connectivity index (χ4n) is 1.36. The van der Waals surface area contributed by atoms with Gasteiger partial charge in [0, 0.05) is 29.5 Å². The van der Waals surface area contributed by atoms with Gasteiger partial charge in [-0.1, -0.05) is 5.16 Å². The summed E-state index contributed by atoms with van der Waals surface area (Å²) in [7, 11) is 1.63. The minimum absolute atomic E-state index is 0.458. The summed E-state index contributed by atoms with van der Waals surface area (Å²) in [6.07, 6.45) is 0. The largest absolute Gasteiger partial charge is 0.399 e. The predicted molar refractivity (Wildman–Crippen MR) is 67.6 cm³/mol. The van der Waals surface area contributed by atoms with Crippen LogP contribution in [0, 0.1) is 0 Å². The molecule has 0 aliphatic rings. The second kappa shape index (κ2) is 5.75. The molecule has 2 aromatic rings. The van der Waals surface area contributed by atoms with Crippen molar-refractivity contribution in [1.29, 1.82) is 0 Å². The highest BCUT2D eigenvalue weighted by molar-refractivity contribution is 7.98. The molecule has 4 nitrogen and oxygen atoms in total. The van der Waals surface area contributed by atoms with Crippen LogP contribution in [0.3, 0.4) is 0 Å². The second-order valence-corrected chi connectivity index (χ2v) is 4.62. The molecule has 1 aromatic heterocycles. The number of hydrogen-bond donors (Lipinski definition) is 1. The smallest absolute Gasteiger partial charge is 0.162 e. The van der Waals surface area contributed by atoms with Gasteiger partial charge in [0.1, 0.15) is 6.61 Å². The molecule has 0 saturated carbocycles. The molecule has 0 saturated heterocycles. The van der Waals surface area contributed by atoms with Crippen molar-refractivity contribution in [3.63, 3.8) is 0 Å². The molecule has 0 atom stereocenters. The molecule has 1 heterocycles. The minimum atomic E-state index is 0.458. The van der Waals surface area contributed by atoms with E-state index in [1.54, 1.807) is 18.9 Å². The van der Waals surface area contributed by atoms with Crippen molar-refractivity contribution in [3.05, 3.63) is 41.8 Å². The van der Waals surface area contributed by atoms with Crippen molar-refractivity contribution >= 4 is 17.4 Å². The first kappa shape index (κ1) is 12.0. The normalized spacial score (nSPS) is 10.6. The van der Waals surface area contributed by atoms with E-state index in [2.05, 4.69) is 5.16 Å². The molecule has 17 heavy (non-hydrogen) atoms. The maximum atomic E-state index is 5.62. The zero-order valence-electron chi connectivity index (χ0n) is 9.55. The van der Waals surface area contributed by atoms with Gasteiger partial charge in [0.2, 0.25) is 0 Å². The molecule has 1 aromatic carbocycles. The van der Waals surface area contributed by atoms with Crippen molar-refractivity contribution < 1.29 is 9.26 Å². The van der Waals surface area contributed by atoms with Crippen LogP contribution in [0.4, 0.5) is 5.69 Å². The maximum Gasteiger partial charge on any atom is 0.162 e. The minimum Gasteiger partial charge on any atom is -0.399 e. The zero-order chi connectivity index (χ0) is 12.1. The Morgan fingerprint density at radius 3 is 2.82 bits per heavy atom. The van der Waals surface area contributed by atoms with E-state index in [1.165, 1.54) is 0 Å². The molecule has 5 heteroatoms. The van der Waals surface area contributed by atoms with Crippen LogP contribution in [0.2, 0.25) is 0 Å². The third-order valence-corrected chi connectivity index (χ3v) is 3.21. The lowest BCUT2D eigenvalue weighted by molar-refractivity contribution is 0.156. The van der Waals surface area contributed by atoms with Gasteiger partial charge in [-0.2, -0.15) is 0 Å². The summed E-state index contributed by atoms with van der Waals surface area (Å²) in [5.74, 6) is 1.53. The Hall–Kier alpha value is -1.46. The Kier molecular flexibility index (Phi) is 4.06. The standard InChI is InChI=1S/C12H14N2O2S/c1-15-7-11-6-10(14-16-11)8-17-12-4-2-9(13)3-5-12/h2-6H,7-8,13H2,1H3. The van der Waals surface area contributed by atoms with E-state index in [1.807, 2.05) is 30.3 Å². The monoisotopic (exact) mass is 250 g/mol. The average Bonchev–Trinajstić information content (AvgIpc) is 2.77. The number of rotatable bonds is 5. The summed E-state index contributed by atoms with van der Waals surface area (Å²) in [5.41, 5.74) is 7.31. The van der Waals surface area contributed by atoms with Gasteiger partial charge in [-0.05, 0) is 24.3 Å². The van der Waals surface area contributed by atoms with Crippen molar-refractivity contribution in [3.8, 4) is 0 Å². The molecule has 0 radical (unpaired) electrons. The van der Waals surface area contributed by atoms with Crippen LogP contribution >= 0.6 is 11.8 Å². The number of anilines is 1. The molecule has 2 rings (SSSR count). The van der Waals surface area contributed by atoms with Gasteiger partial charge in [-0.25, -0.2) is 0 Å². The molecular weight excluding hydrogens is 236 g/mol. The second-order valence-electron chi connectivity index (χ2n) is 3.58. The molecule has 0 fully saturated rings. The van der Waals surface area contributed by atoms with Gasteiger partial charge >= 0.3 is 0 Å². The summed E-state index contributed by atoms with van der Waals surface area (Å²) in [6.45, 7) is 0.458. The van der Waals surface area contributed by atoms with E-state index in [0.29, 0.717) is 6.61 Å². The summed E-state index contributed by atoms with van der Waals surface area (Å²) >= 11 is 1.69. The van der Waals surface area contributed by atoms with Gasteiger partial charge < -0.3 is 15.0 Å². The number of nitrogens with zero attached hydrogens (tertiary/aromatic N) is 1. The number of ether oxygens (including phenoxy) is 1. The fraction of sp³-hybridized carbons (Fsp3) is 0.250. The van der Waals surface area contributed by atoms with Crippen LogP contribution in [-0.4, -0.2) is 12.3 Å². The Bertz CT molecular complexity index is 468. The lowest BCUT2D eigenvalue weighted by Gasteiger charge is -1.99. The first-order valence-corrected chi connectivity index (χ1v) is 6.18. The van der Waals surface area contributed by atoms with Gasteiger partial charge in [0.15, 0.2) is 5.76 Å². The van der Waals surface area contributed by atoms with E-state index < -0.39 is 0 Å². The van der Waals surface area contributed by atoms with Crippen molar-refractivity contribution in [2.45, 2.75) is 17.3 Å². The molecule has 0 unspecified atom stereocenters. The lowest BCUT2D eigenvalue weighted by Crippen LogP contribution is -1.84. The number of hydrogen-bond acceptors (Lipinski definition) is 5. The summed E-state index contributed by atoms with van der Waals surface area (Å²) in [5, 5.41) is 3.97. The number of aromatic nitrogens is 1. The summed E-state index contributed by atoms with van der Waals surface area (Å²) in [6, 6.07) is 9.68. The number of nitrogens with two attached hydrogens (primary N) is 1. The summed E-state index contributed by atoms with van der Waals surface area (Å²) in [4.78, 5) is 1.16. The van der Waals surface area contributed by atoms with Gasteiger partial charge in [0.05, 0.1) is 5.69 Å². The molecule has 90 valence electrons. The fourth-order valence-corrected chi connectivity index (χ4v) is 2.13. The highest BCUT2D eigenvalue weighted by Gasteiger charge is 2.04. The van der Waals surface area contributed by atoms with Crippen molar-refractivity contribution in [2.75, 3.05) is 12.8 Å². The molecule has 0 bridgehead atoms. The maximum absolute atomic E-state index is 5.62. The third kappa shape index (κ3) is 3.51. The quantitative estimate of drug-likeness (QED) is 0.653. The first-order chi connectivity index (χ1) is 8.28. The summed E-state index contributed by atoms with van der Waals surface area (Å²) < 4.78 is 10.1. The number of nitrogen functional groups attached to an aromatic ring is 1. The van der Waals surface area contributed by atoms with E-state index in [0.717, 1.165) is 27.8 Å². The lowest BCUT2D eigenvalue weighted by atomic mass is 10.3. The molecule has 2 N–H and O–H groups in total. The van der Waals surface area contributed by atoms with Crippen LogP contribution in [0.1, 0.15) is 11.5 Å². The molecule has 0 spiro atoms. The number of benzene rings is 1. The first-order valence-electron chi connectivity index (χ1n) is 5.19. The van der Waals surface area contributed by atoms with Crippen LogP contribution < -0.4 is 5.73 Å². The van der Waals surface area contributed by atoms with E-state index in [4.69, 9.17) is 15.0 Å². The molecule has 0 aliphatic carbocycles. The Labute approximate surface area is 104 Å². The molecule has 0 aliphatic heterocycles. The van der Waals surface area contributed by atoms with E-state index in [-0.39, 0.29) is 0 Å². The average molecular weight is 250 g/mol. The van der Waals surface area contributed by atoms with Crippen LogP contribution in [-0.2, 0) is 17.1 Å². The van der Waals surface area contributed by atoms with E-state index in [9.17, 15) is 0 Å². The van der Waals surface area contributed by atoms with E-state index >= 15 is 0 Å². The predicted octanol–water partition coefficient (Wildman–Crippen LogP) is 2.70. The highest BCUT2D eigenvalue weighted by atomic mass is 32.2. The number of methoxy groups -OCH3 is 1. The molecular formula is C12H14N2O2S. The topological polar surface area (TPSA) is 61.3 Å². The van der Waals surface area contributed by atoms with Crippen LogP contribution in [0.25, 0.3) is 0 Å². The Morgan fingerprint density at radius 2 is 2.12 bits per heavy atom. The highest BCUT2D eigenvalue weighted by Crippen LogP contribution is 2.23. The van der Waals surface area contributed by atoms with Crippen molar-refractivity contribution in [1.82, 2.24) is 5.16 Å². The van der Waals surface area contributed by atoms with Gasteiger partial charge in [0.25, 0.3) is 0 Å².